The molecule has 2 N–H and O–H groups in total. The van der Waals surface area contributed by atoms with E-state index in [0.717, 1.165) is 44.8 Å². The van der Waals surface area contributed by atoms with E-state index in [1.54, 1.807) is 19.0 Å². The lowest BCUT2D eigenvalue weighted by molar-refractivity contribution is -0.127. The van der Waals surface area contributed by atoms with Crippen LogP contribution in [0.4, 0.5) is 0 Å². The quantitative estimate of drug-likeness (QED) is 0.441. The van der Waals surface area contributed by atoms with Crippen LogP contribution < -0.4 is 10.6 Å². The van der Waals surface area contributed by atoms with Gasteiger partial charge in [-0.2, -0.15) is 0 Å². The first-order valence-electron chi connectivity index (χ1n) is 9.43. The molecule has 0 aromatic rings. The average molecular weight is 338 g/mol. The number of carbonyl (C=O) groups excluding carboxylic acids is 1. The molecule has 1 heterocycles. The summed E-state index contributed by atoms with van der Waals surface area (Å²) in [6.45, 7) is 4.05. The number of carbonyl (C=O) groups is 1. The van der Waals surface area contributed by atoms with E-state index in [1.165, 1.54) is 25.7 Å². The summed E-state index contributed by atoms with van der Waals surface area (Å²) in [4.78, 5) is 17.9. The molecule has 2 rings (SSSR count). The number of guanidine groups is 1. The van der Waals surface area contributed by atoms with Crippen LogP contribution in [0.25, 0.3) is 0 Å². The summed E-state index contributed by atoms with van der Waals surface area (Å²) >= 11 is 0. The van der Waals surface area contributed by atoms with Crippen molar-refractivity contribution in [1.82, 2.24) is 15.5 Å². The van der Waals surface area contributed by atoms with Crippen LogP contribution >= 0.6 is 0 Å². The van der Waals surface area contributed by atoms with E-state index in [4.69, 9.17) is 4.74 Å². The highest BCUT2D eigenvalue weighted by molar-refractivity contribution is 5.84. The van der Waals surface area contributed by atoms with Crippen molar-refractivity contribution in [2.24, 2.45) is 4.99 Å². The molecule has 1 saturated carbocycles. The fourth-order valence-corrected chi connectivity index (χ4v) is 3.54. The number of rotatable bonds is 6. The molecule has 1 aliphatic heterocycles. The highest BCUT2D eigenvalue weighted by Gasteiger charge is 2.40. The Labute approximate surface area is 146 Å². The molecule has 6 nitrogen and oxygen atoms in total. The minimum absolute atomic E-state index is 0.0193. The molecule has 2 fully saturated rings. The van der Waals surface area contributed by atoms with Gasteiger partial charge in [-0.25, -0.2) is 4.99 Å². The largest absolute Gasteiger partial charge is 0.375 e. The van der Waals surface area contributed by atoms with Crippen LogP contribution in [0.15, 0.2) is 4.99 Å². The molecule has 1 aliphatic carbocycles. The Balaban J connectivity index is 1.92. The fourth-order valence-electron chi connectivity index (χ4n) is 3.54. The van der Waals surface area contributed by atoms with Crippen molar-refractivity contribution in [1.29, 1.82) is 0 Å². The van der Waals surface area contributed by atoms with Crippen molar-refractivity contribution in [2.45, 2.75) is 69.9 Å². The third-order valence-electron chi connectivity index (χ3n) is 5.04. The molecule has 138 valence electrons. The second-order valence-electron chi connectivity index (χ2n) is 7.31. The summed E-state index contributed by atoms with van der Waals surface area (Å²) in [6.07, 6.45) is 9.19. The van der Waals surface area contributed by atoms with E-state index in [2.05, 4.69) is 22.5 Å². The van der Waals surface area contributed by atoms with E-state index in [9.17, 15) is 4.79 Å². The summed E-state index contributed by atoms with van der Waals surface area (Å²) in [6, 6.07) is 0.374. The predicted molar refractivity (Wildman–Crippen MR) is 97.2 cm³/mol. The Kier molecular flexibility index (Phi) is 7.34. The van der Waals surface area contributed by atoms with Crippen molar-refractivity contribution in [3.05, 3.63) is 0 Å². The minimum atomic E-state index is 0.0193. The van der Waals surface area contributed by atoms with Crippen molar-refractivity contribution >= 4 is 11.9 Å². The van der Waals surface area contributed by atoms with Gasteiger partial charge < -0.3 is 20.3 Å². The third-order valence-corrected chi connectivity index (χ3v) is 5.04. The Morgan fingerprint density at radius 3 is 2.75 bits per heavy atom. The molecular formula is C18H34N4O2. The highest BCUT2D eigenvalue weighted by atomic mass is 16.5. The second-order valence-corrected chi connectivity index (χ2v) is 7.31. The molecule has 0 aromatic carbocycles. The minimum Gasteiger partial charge on any atom is -0.375 e. The van der Waals surface area contributed by atoms with Crippen LogP contribution in [0.1, 0.15) is 58.3 Å². The highest BCUT2D eigenvalue weighted by Crippen LogP contribution is 2.39. The maximum Gasteiger partial charge on any atom is 0.243 e. The first-order chi connectivity index (χ1) is 11.5. The van der Waals surface area contributed by atoms with Gasteiger partial charge in [0.05, 0.1) is 5.60 Å². The lowest BCUT2D eigenvalue weighted by Crippen LogP contribution is -2.51. The average Bonchev–Trinajstić information content (AvgIpc) is 2.99. The van der Waals surface area contributed by atoms with Gasteiger partial charge >= 0.3 is 0 Å². The summed E-state index contributed by atoms with van der Waals surface area (Å²) in [5, 5.41) is 6.92. The summed E-state index contributed by atoms with van der Waals surface area (Å²) in [7, 11) is 3.52. The summed E-state index contributed by atoms with van der Waals surface area (Å²) < 4.78 is 6.11. The number of unbranched alkanes of at least 4 members (excludes halogenated alkanes) is 1. The van der Waals surface area contributed by atoms with Gasteiger partial charge in [0, 0.05) is 33.3 Å². The van der Waals surface area contributed by atoms with Crippen LogP contribution in [0.5, 0.6) is 0 Å². The molecule has 1 saturated heterocycles. The molecular weight excluding hydrogens is 304 g/mol. The van der Waals surface area contributed by atoms with E-state index < -0.39 is 0 Å². The van der Waals surface area contributed by atoms with Gasteiger partial charge in [-0.1, -0.05) is 26.2 Å². The predicted octanol–water partition coefficient (Wildman–Crippen LogP) is 1.90. The van der Waals surface area contributed by atoms with E-state index in [0.29, 0.717) is 6.04 Å². The first kappa shape index (κ1) is 19.0. The molecule has 0 radical (unpaired) electrons. The molecule has 24 heavy (non-hydrogen) atoms. The van der Waals surface area contributed by atoms with E-state index in [1.807, 2.05) is 0 Å². The molecule has 0 bridgehead atoms. The molecule has 2 aliphatic rings. The van der Waals surface area contributed by atoms with Crippen molar-refractivity contribution in [2.75, 3.05) is 33.8 Å². The molecule has 1 amide bonds. The van der Waals surface area contributed by atoms with Crippen molar-refractivity contribution in [3.8, 4) is 0 Å². The Morgan fingerprint density at radius 1 is 1.33 bits per heavy atom. The fraction of sp³-hybridized carbons (Fsp3) is 0.889. The number of likely N-dealkylation sites (N-methyl/N-ethyl adjacent to an activating group) is 1. The van der Waals surface area contributed by atoms with E-state index in [-0.39, 0.29) is 18.1 Å². The van der Waals surface area contributed by atoms with Crippen LogP contribution in [0, 0.1) is 0 Å². The van der Waals surface area contributed by atoms with Gasteiger partial charge in [-0.05, 0) is 32.1 Å². The summed E-state index contributed by atoms with van der Waals surface area (Å²) in [5.41, 5.74) is 0.0872. The zero-order valence-electron chi connectivity index (χ0n) is 15.6. The normalized spacial score (nSPS) is 23.3. The number of hydrogen-bond acceptors (Lipinski definition) is 3. The van der Waals surface area contributed by atoms with Crippen molar-refractivity contribution < 1.29 is 9.53 Å². The molecule has 0 aromatic heterocycles. The first-order valence-corrected chi connectivity index (χ1v) is 9.43. The molecule has 1 atom stereocenters. The molecule has 1 unspecified atom stereocenters. The molecule has 6 heteroatoms. The van der Waals surface area contributed by atoms with Crippen LogP contribution in [0.3, 0.4) is 0 Å². The molecule has 1 spiro atoms. The Morgan fingerprint density at radius 2 is 2.08 bits per heavy atom. The summed E-state index contributed by atoms with van der Waals surface area (Å²) in [5.74, 6) is 0.782. The van der Waals surface area contributed by atoms with Gasteiger partial charge in [0.1, 0.15) is 6.54 Å². The second kappa shape index (κ2) is 9.25. The monoisotopic (exact) mass is 338 g/mol. The topological polar surface area (TPSA) is 66.0 Å². The van der Waals surface area contributed by atoms with Crippen LogP contribution in [-0.2, 0) is 9.53 Å². The number of hydrogen-bond donors (Lipinski definition) is 2. The number of nitrogens with one attached hydrogen (secondary N) is 2. The van der Waals surface area contributed by atoms with Gasteiger partial charge in [-0.3, -0.25) is 4.79 Å². The smallest absolute Gasteiger partial charge is 0.243 e. The van der Waals surface area contributed by atoms with Gasteiger partial charge in [0.2, 0.25) is 5.91 Å². The number of aliphatic imine (C=N–C) groups is 1. The van der Waals surface area contributed by atoms with Gasteiger partial charge in [0.15, 0.2) is 5.96 Å². The Bertz CT molecular complexity index is 431. The van der Waals surface area contributed by atoms with Gasteiger partial charge in [-0.15, -0.1) is 0 Å². The van der Waals surface area contributed by atoms with E-state index >= 15 is 0 Å². The lowest BCUT2D eigenvalue weighted by atomic mass is 9.89. The van der Waals surface area contributed by atoms with Gasteiger partial charge in [0.25, 0.3) is 0 Å². The number of nitrogens with zero attached hydrogens (tertiary/aromatic N) is 2. The SMILES string of the molecule is CCCCNC(=NCC(=O)N(C)C)NC1CCOC2(CCCC2)C1. The standard InChI is InChI=1S/C18H34N4O2/c1-4-5-11-19-17(20-14-16(23)22(2)3)21-15-8-12-24-18(13-15)9-6-7-10-18/h15H,4-14H2,1-3H3,(H2,19,20,21). The van der Waals surface area contributed by atoms with Crippen LogP contribution in [0.2, 0.25) is 0 Å². The Hall–Kier alpha value is -1.30. The third kappa shape index (κ3) is 5.65. The zero-order valence-corrected chi connectivity index (χ0v) is 15.6. The maximum atomic E-state index is 11.8. The van der Waals surface area contributed by atoms with Crippen LogP contribution in [-0.4, -0.2) is 62.2 Å². The maximum absolute atomic E-state index is 11.8. The lowest BCUT2D eigenvalue weighted by Gasteiger charge is -2.39. The number of amides is 1. The van der Waals surface area contributed by atoms with Crippen molar-refractivity contribution in [3.63, 3.8) is 0 Å². The number of ether oxygens (including phenoxy) is 1. The zero-order chi connectivity index (χ0) is 17.4.